The van der Waals surface area contributed by atoms with Crippen molar-refractivity contribution >= 4 is 17.2 Å². The minimum Gasteiger partial charge on any atom is -0.490 e. The van der Waals surface area contributed by atoms with Crippen LogP contribution in [0.1, 0.15) is 54.8 Å². The SMILES string of the molecule is COCC(=O)N[C@H]1CCc2c(-c3nnc(C4C=CC(OC(C)C)=C(C#N)C4)s3)cccc21. The molecule has 0 fully saturated rings. The van der Waals surface area contributed by atoms with Gasteiger partial charge in [-0.1, -0.05) is 35.6 Å². The predicted molar refractivity (Wildman–Crippen MR) is 122 cm³/mol. The first-order valence-electron chi connectivity index (χ1n) is 10.7. The number of methoxy groups -OCH3 is 1. The Kier molecular flexibility index (Phi) is 6.68. The van der Waals surface area contributed by atoms with Crippen molar-refractivity contribution in [2.45, 2.75) is 51.2 Å². The topological polar surface area (TPSA) is 97.1 Å². The van der Waals surface area contributed by atoms with Gasteiger partial charge in [0.1, 0.15) is 22.4 Å². The fourth-order valence-corrected chi connectivity index (χ4v) is 5.17. The quantitative estimate of drug-likeness (QED) is 0.679. The Hall–Kier alpha value is -3.02. The van der Waals surface area contributed by atoms with Crippen LogP contribution in [0.5, 0.6) is 0 Å². The van der Waals surface area contributed by atoms with Crippen LogP contribution in [0.15, 0.2) is 41.7 Å². The van der Waals surface area contributed by atoms with Crippen molar-refractivity contribution in [3.05, 3.63) is 57.8 Å². The molecule has 0 bridgehead atoms. The number of amides is 1. The van der Waals surface area contributed by atoms with Crippen molar-refractivity contribution in [1.29, 1.82) is 5.26 Å². The fraction of sp³-hybridized carbons (Fsp3) is 0.417. The highest BCUT2D eigenvalue weighted by Gasteiger charge is 2.28. The van der Waals surface area contributed by atoms with Crippen molar-refractivity contribution in [3.8, 4) is 16.6 Å². The van der Waals surface area contributed by atoms with Crippen molar-refractivity contribution in [3.63, 3.8) is 0 Å². The van der Waals surface area contributed by atoms with Crippen molar-refractivity contribution in [2.24, 2.45) is 0 Å². The Morgan fingerprint density at radius 2 is 2.22 bits per heavy atom. The minimum atomic E-state index is -0.111. The van der Waals surface area contributed by atoms with E-state index in [1.165, 1.54) is 12.7 Å². The zero-order valence-electron chi connectivity index (χ0n) is 18.4. The van der Waals surface area contributed by atoms with Crippen molar-refractivity contribution in [2.75, 3.05) is 13.7 Å². The monoisotopic (exact) mass is 450 g/mol. The molecule has 1 heterocycles. The molecule has 2 aromatic rings. The van der Waals surface area contributed by atoms with E-state index in [2.05, 4.69) is 33.7 Å². The average molecular weight is 451 g/mol. The molecule has 8 heteroatoms. The molecule has 1 aromatic carbocycles. The summed E-state index contributed by atoms with van der Waals surface area (Å²) in [4.78, 5) is 12.0. The second kappa shape index (κ2) is 9.63. The zero-order valence-corrected chi connectivity index (χ0v) is 19.2. The molecule has 0 saturated heterocycles. The van der Waals surface area contributed by atoms with Gasteiger partial charge in [0.25, 0.3) is 0 Å². The third kappa shape index (κ3) is 4.59. The van der Waals surface area contributed by atoms with Crippen LogP contribution in [0, 0.1) is 11.3 Å². The first kappa shape index (κ1) is 22.2. The smallest absolute Gasteiger partial charge is 0.246 e. The summed E-state index contributed by atoms with van der Waals surface area (Å²) < 4.78 is 10.7. The number of allylic oxidation sites excluding steroid dienone is 3. The number of carbonyl (C=O) groups excluding carboxylic acids is 1. The van der Waals surface area contributed by atoms with E-state index in [1.807, 2.05) is 32.1 Å². The molecule has 0 aliphatic heterocycles. The number of rotatable bonds is 7. The molecule has 1 unspecified atom stereocenters. The van der Waals surface area contributed by atoms with Gasteiger partial charge in [-0.15, -0.1) is 10.2 Å². The molecule has 7 nitrogen and oxygen atoms in total. The Labute approximate surface area is 191 Å². The number of ether oxygens (including phenoxy) is 2. The average Bonchev–Trinajstić information content (AvgIpc) is 3.41. The number of hydrogen-bond donors (Lipinski definition) is 1. The Morgan fingerprint density at radius 1 is 1.38 bits per heavy atom. The molecule has 0 spiro atoms. The molecule has 0 saturated carbocycles. The second-order valence-electron chi connectivity index (χ2n) is 8.20. The van der Waals surface area contributed by atoms with Gasteiger partial charge in [0.05, 0.1) is 23.8 Å². The highest BCUT2D eigenvalue weighted by atomic mass is 32.1. The molecule has 1 amide bonds. The van der Waals surface area contributed by atoms with Crippen LogP contribution >= 0.6 is 11.3 Å². The minimum absolute atomic E-state index is 0.00764. The molecule has 2 atom stereocenters. The summed E-state index contributed by atoms with van der Waals surface area (Å²) in [7, 11) is 1.52. The Bertz CT molecular complexity index is 1110. The van der Waals surface area contributed by atoms with Crippen molar-refractivity contribution < 1.29 is 14.3 Å². The summed E-state index contributed by atoms with van der Waals surface area (Å²) in [5.41, 5.74) is 4.04. The summed E-state index contributed by atoms with van der Waals surface area (Å²) >= 11 is 1.56. The number of fused-ring (bicyclic) bond motifs is 1. The number of aromatic nitrogens is 2. The predicted octanol–water partition coefficient (Wildman–Crippen LogP) is 4.20. The highest BCUT2D eigenvalue weighted by molar-refractivity contribution is 7.14. The summed E-state index contributed by atoms with van der Waals surface area (Å²) in [5, 5.41) is 23.3. The first-order valence-corrected chi connectivity index (χ1v) is 11.5. The van der Waals surface area contributed by atoms with Gasteiger partial charge >= 0.3 is 0 Å². The molecular weight excluding hydrogens is 424 g/mol. The zero-order chi connectivity index (χ0) is 22.7. The standard InChI is InChI=1S/C24H26N4O3S/c1-14(2)31-21-10-7-15(11-16(21)12-25)23-27-28-24(32-23)19-6-4-5-18-17(19)8-9-20(18)26-22(29)13-30-3/h4-7,10,14-15,20H,8-9,11,13H2,1-3H3,(H,26,29)/t15?,20-/m0/s1. The van der Waals surface area contributed by atoms with Crippen LogP contribution in [-0.2, 0) is 20.7 Å². The van der Waals surface area contributed by atoms with E-state index in [9.17, 15) is 10.1 Å². The lowest BCUT2D eigenvalue weighted by atomic mass is 9.94. The molecule has 1 aromatic heterocycles. The number of nitrogens with zero attached hydrogens (tertiary/aromatic N) is 3. The molecule has 32 heavy (non-hydrogen) atoms. The molecule has 4 rings (SSSR count). The van der Waals surface area contributed by atoms with Gasteiger partial charge in [0.2, 0.25) is 5.91 Å². The molecule has 1 N–H and O–H groups in total. The van der Waals surface area contributed by atoms with Crippen LogP contribution in [0.3, 0.4) is 0 Å². The summed E-state index contributed by atoms with van der Waals surface area (Å²) in [6, 6.07) is 8.40. The largest absolute Gasteiger partial charge is 0.490 e. The van der Waals surface area contributed by atoms with Crippen LogP contribution in [0.4, 0.5) is 0 Å². The van der Waals surface area contributed by atoms with Crippen LogP contribution in [0.2, 0.25) is 0 Å². The molecule has 2 aliphatic rings. The Morgan fingerprint density at radius 3 is 2.97 bits per heavy atom. The Balaban J connectivity index is 1.54. The number of carbonyl (C=O) groups is 1. The van der Waals surface area contributed by atoms with E-state index in [0.29, 0.717) is 17.8 Å². The maximum atomic E-state index is 12.0. The third-order valence-corrected chi connectivity index (χ3v) is 6.66. The number of nitriles is 1. The van der Waals surface area contributed by atoms with Gasteiger partial charge in [0, 0.05) is 18.6 Å². The summed E-state index contributed by atoms with van der Waals surface area (Å²) in [5.74, 6) is 0.541. The normalized spacial score (nSPS) is 19.7. The van der Waals surface area contributed by atoms with Gasteiger partial charge in [-0.2, -0.15) is 5.26 Å². The molecule has 2 aliphatic carbocycles. The first-order chi connectivity index (χ1) is 15.5. The van der Waals surface area contributed by atoms with Crippen LogP contribution in [0.25, 0.3) is 10.6 Å². The lowest BCUT2D eigenvalue weighted by Gasteiger charge is -2.19. The van der Waals surface area contributed by atoms with Crippen LogP contribution in [-0.4, -0.2) is 35.9 Å². The van der Waals surface area contributed by atoms with Gasteiger partial charge in [-0.05, 0) is 50.3 Å². The highest BCUT2D eigenvalue weighted by Crippen LogP contribution is 2.40. The lowest BCUT2D eigenvalue weighted by molar-refractivity contribution is -0.125. The fourth-order valence-electron chi connectivity index (χ4n) is 4.19. The molecule has 0 radical (unpaired) electrons. The van der Waals surface area contributed by atoms with Gasteiger partial charge in [0.15, 0.2) is 0 Å². The van der Waals surface area contributed by atoms with Gasteiger partial charge in [-0.3, -0.25) is 4.79 Å². The number of nitrogens with one attached hydrogen (secondary N) is 1. The third-order valence-electron chi connectivity index (χ3n) is 5.57. The molecule has 166 valence electrons. The van der Waals surface area contributed by atoms with E-state index in [-0.39, 0.29) is 30.6 Å². The summed E-state index contributed by atoms with van der Waals surface area (Å²) in [6.45, 7) is 3.96. The van der Waals surface area contributed by atoms with E-state index in [4.69, 9.17) is 9.47 Å². The maximum Gasteiger partial charge on any atom is 0.246 e. The van der Waals surface area contributed by atoms with E-state index >= 15 is 0 Å². The van der Waals surface area contributed by atoms with Crippen molar-refractivity contribution in [1.82, 2.24) is 15.5 Å². The van der Waals surface area contributed by atoms with Crippen LogP contribution < -0.4 is 5.32 Å². The van der Waals surface area contributed by atoms with Gasteiger partial charge in [-0.25, -0.2) is 0 Å². The van der Waals surface area contributed by atoms with E-state index < -0.39 is 0 Å². The second-order valence-corrected chi connectivity index (χ2v) is 9.21. The molecular formula is C24H26N4O3S. The van der Waals surface area contributed by atoms with E-state index in [0.717, 1.165) is 34.0 Å². The summed E-state index contributed by atoms with van der Waals surface area (Å²) in [6.07, 6.45) is 6.23. The number of hydrogen-bond acceptors (Lipinski definition) is 7. The number of benzene rings is 1. The van der Waals surface area contributed by atoms with E-state index in [1.54, 1.807) is 11.3 Å². The maximum absolute atomic E-state index is 12.0. The van der Waals surface area contributed by atoms with Gasteiger partial charge < -0.3 is 14.8 Å². The lowest BCUT2D eigenvalue weighted by Crippen LogP contribution is -2.30.